The largest absolute Gasteiger partial charge is 0.394 e. The number of fused-ring (bicyclic) bond motifs is 7. The third-order valence-corrected chi connectivity index (χ3v) is 17.7. The van der Waals surface area contributed by atoms with Gasteiger partial charge in [-0.2, -0.15) is 0 Å². The summed E-state index contributed by atoms with van der Waals surface area (Å²) in [5, 5.41) is 107. The third-order valence-electron chi connectivity index (χ3n) is 17.7. The second-order valence-electron chi connectivity index (χ2n) is 20.8. The Morgan fingerprint density at radius 2 is 1.39 bits per heavy atom. The van der Waals surface area contributed by atoms with Crippen molar-refractivity contribution in [2.24, 2.45) is 46.3 Å². The van der Waals surface area contributed by atoms with Crippen LogP contribution in [-0.2, 0) is 37.9 Å². The molecule has 0 radical (unpaired) electrons. The molecule has 4 saturated carbocycles. The van der Waals surface area contributed by atoms with Gasteiger partial charge in [-0.25, -0.2) is 0 Å². The van der Waals surface area contributed by atoms with Gasteiger partial charge in [0.05, 0.1) is 44.7 Å². The van der Waals surface area contributed by atoms with E-state index in [9.17, 15) is 51.1 Å². The van der Waals surface area contributed by atoms with Crippen LogP contribution in [0.3, 0.4) is 0 Å². The van der Waals surface area contributed by atoms with Crippen molar-refractivity contribution in [2.75, 3.05) is 26.4 Å². The molecule has 0 aromatic carbocycles. The molecule has 18 heteroatoms. The molecule has 0 amide bonds. The molecule has 0 aromatic heterocycles. The molecule has 10 N–H and O–H groups in total. The van der Waals surface area contributed by atoms with Crippen LogP contribution in [0, 0.1) is 46.3 Å². The molecule has 5 saturated heterocycles. The first kappa shape index (κ1) is 46.1. The summed E-state index contributed by atoms with van der Waals surface area (Å²) in [4.78, 5) is 0. The molecule has 1 spiro atoms. The lowest BCUT2D eigenvalue weighted by Gasteiger charge is -2.62. The van der Waals surface area contributed by atoms with Crippen molar-refractivity contribution in [3.8, 4) is 0 Å². The van der Waals surface area contributed by atoms with Gasteiger partial charge in [0.1, 0.15) is 67.1 Å². The van der Waals surface area contributed by atoms with E-state index in [0.29, 0.717) is 43.1 Å². The molecule has 0 aromatic rings. The van der Waals surface area contributed by atoms with Crippen molar-refractivity contribution in [1.82, 2.24) is 0 Å². The Morgan fingerprint density at radius 1 is 0.694 bits per heavy atom. The molecule has 62 heavy (non-hydrogen) atoms. The lowest BCUT2D eigenvalue weighted by Crippen LogP contribution is -2.67. The molecule has 0 bridgehead atoms. The summed E-state index contributed by atoms with van der Waals surface area (Å²) in [7, 11) is 0. The number of hydrogen-bond donors (Lipinski definition) is 10. The van der Waals surface area contributed by atoms with Gasteiger partial charge in [-0.1, -0.05) is 32.9 Å². The number of aliphatic hydroxyl groups excluding tert-OH is 10. The van der Waals surface area contributed by atoms with E-state index in [1.165, 1.54) is 0 Å². The lowest BCUT2D eigenvalue weighted by molar-refractivity contribution is -0.394. The maximum Gasteiger partial charge on any atom is 0.187 e. The summed E-state index contributed by atoms with van der Waals surface area (Å²) < 4.78 is 49.5. The summed E-state index contributed by atoms with van der Waals surface area (Å²) in [6, 6.07) is 0. The van der Waals surface area contributed by atoms with Crippen molar-refractivity contribution in [3.63, 3.8) is 0 Å². The van der Waals surface area contributed by atoms with Gasteiger partial charge in [0.2, 0.25) is 0 Å². The highest BCUT2D eigenvalue weighted by molar-refractivity contribution is 5.17. The van der Waals surface area contributed by atoms with Gasteiger partial charge in [-0.05, 0) is 91.8 Å². The van der Waals surface area contributed by atoms with Crippen LogP contribution in [-0.4, -0.2) is 188 Å². The molecule has 26 atom stereocenters. The van der Waals surface area contributed by atoms with Crippen LogP contribution in [0.2, 0.25) is 0 Å². The topological polar surface area (TPSA) is 276 Å². The summed E-state index contributed by atoms with van der Waals surface area (Å²) >= 11 is 0. The second kappa shape index (κ2) is 17.3. The van der Waals surface area contributed by atoms with Crippen molar-refractivity contribution in [1.29, 1.82) is 0 Å². The van der Waals surface area contributed by atoms with E-state index in [4.69, 9.17) is 37.9 Å². The highest BCUT2D eigenvalue weighted by atomic mass is 16.8. The Bertz CT molecular complexity index is 1590. The zero-order valence-corrected chi connectivity index (χ0v) is 35.9. The summed E-state index contributed by atoms with van der Waals surface area (Å²) in [5.41, 5.74) is 1.04. The number of rotatable bonds is 8. The minimum Gasteiger partial charge on any atom is -0.394 e. The van der Waals surface area contributed by atoms with Crippen molar-refractivity contribution in [3.05, 3.63) is 12.2 Å². The van der Waals surface area contributed by atoms with Gasteiger partial charge >= 0.3 is 0 Å². The lowest BCUT2D eigenvalue weighted by atomic mass is 9.44. The van der Waals surface area contributed by atoms with Crippen LogP contribution in [0.25, 0.3) is 0 Å². The maximum absolute atomic E-state index is 12.1. The van der Waals surface area contributed by atoms with Crippen LogP contribution in [0.1, 0.15) is 78.6 Å². The zero-order valence-electron chi connectivity index (χ0n) is 35.9. The predicted octanol–water partition coefficient (Wildman–Crippen LogP) is -1.20. The van der Waals surface area contributed by atoms with Crippen molar-refractivity contribution >= 4 is 0 Å². The van der Waals surface area contributed by atoms with Gasteiger partial charge < -0.3 is 89.0 Å². The van der Waals surface area contributed by atoms with Crippen molar-refractivity contribution in [2.45, 2.75) is 189 Å². The molecular formula is C44H70O18. The van der Waals surface area contributed by atoms with E-state index < -0.39 is 124 Å². The molecule has 3 unspecified atom stereocenters. The van der Waals surface area contributed by atoms with E-state index in [0.717, 1.165) is 50.5 Å². The van der Waals surface area contributed by atoms with E-state index in [1.54, 1.807) is 0 Å². The zero-order chi connectivity index (χ0) is 44.2. The SMILES string of the molecule is C=C1CC[C@@]2(OC1)O[C@H]1CC3[C@@H]4CC[C@@H]5C[C@@H](O[C@@H]6O[C@H](CO)[C@@H](O)[C@H](O[C@@H]7OC[C@@H](O)[C@H](O)[C@H]7O)[C@H]6O[C@@H]6O[C@H](CO)[C@@H](O)[C@H](O)[C@H]6O)[C@@H](O)C[C@]5(C)C4CC[C@]3(C)C1[C@@H]2C. The first-order valence-electron chi connectivity index (χ1n) is 23.0. The Labute approximate surface area is 362 Å². The fourth-order valence-electron chi connectivity index (χ4n) is 14.3. The van der Waals surface area contributed by atoms with Gasteiger partial charge in [0.25, 0.3) is 0 Å². The van der Waals surface area contributed by atoms with Crippen LogP contribution < -0.4 is 0 Å². The number of ether oxygens (including phenoxy) is 8. The average Bonchev–Trinajstić information content (AvgIpc) is 3.69. The van der Waals surface area contributed by atoms with Gasteiger partial charge in [-0.3, -0.25) is 0 Å². The number of hydrogen-bond acceptors (Lipinski definition) is 18. The molecular weight excluding hydrogens is 816 g/mol. The molecule has 5 heterocycles. The number of aliphatic hydroxyl groups is 10. The van der Waals surface area contributed by atoms with E-state index in [1.807, 2.05) is 0 Å². The monoisotopic (exact) mass is 886 g/mol. The molecule has 354 valence electrons. The van der Waals surface area contributed by atoms with Crippen LogP contribution in [0.15, 0.2) is 12.2 Å². The molecule has 9 fully saturated rings. The van der Waals surface area contributed by atoms with E-state index >= 15 is 0 Å². The van der Waals surface area contributed by atoms with Gasteiger partial charge in [-0.15, -0.1) is 0 Å². The van der Waals surface area contributed by atoms with Crippen LogP contribution >= 0.6 is 0 Å². The highest BCUT2D eigenvalue weighted by Gasteiger charge is 2.69. The van der Waals surface area contributed by atoms with Gasteiger partial charge in [0.15, 0.2) is 24.7 Å². The molecule has 5 aliphatic heterocycles. The fraction of sp³-hybridized carbons (Fsp3) is 0.955. The summed E-state index contributed by atoms with van der Waals surface area (Å²) in [5.74, 6) is 1.67. The van der Waals surface area contributed by atoms with Gasteiger partial charge in [0, 0.05) is 12.3 Å². The smallest absolute Gasteiger partial charge is 0.187 e. The summed E-state index contributed by atoms with van der Waals surface area (Å²) in [6.45, 7) is 9.91. The quantitative estimate of drug-likeness (QED) is 0.101. The predicted molar refractivity (Wildman–Crippen MR) is 211 cm³/mol. The minimum atomic E-state index is -1.87. The second-order valence-corrected chi connectivity index (χ2v) is 20.8. The minimum absolute atomic E-state index is 0.117. The van der Waals surface area contributed by atoms with Crippen molar-refractivity contribution < 1.29 is 89.0 Å². The Kier molecular flexibility index (Phi) is 12.9. The first-order valence-corrected chi connectivity index (χ1v) is 23.0. The third kappa shape index (κ3) is 7.48. The van der Waals surface area contributed by atoms with Crippen LogP contribution in [0.4, 0.5) is 0 Å². The normalized spacial score (nSPS) is 57.8. The van der Waals surface area contributed by atoms with E-state index in [-0.39, 0.29) is 28.8 Å². The Balaban J connectivity index is 0.936. The molecule has 9 rings (SSSR count). The molecule has 18 nitrogen and oxygen atoms in total. The Morgan fingerprint density at radius 3 is 2.10 bits per heavy atom. The molecule has 9 aliphatic rings. The summed E-state index contributed by atoms with van der Waals surface area (Å²) in [6.07, 6.45) is -16.7. The first-order chi connectivity index (χ1) is 29.4. The highest BCUT2D eigenvalue weighted by Crippen LogP contribution is 2.71. The van der Waals surface area contributed by atoms with E-state index in [2.05, 4.69) is 27.4 Å². The molecule has 4 aliphatic carbocycles. The average molecular weight is 887 g/mol. The maximum atomic E-state index is 12.1. The Hall–Kier alpha value is -0.980. The van der Waals surface area contributed by atoms with Crippen LogP contribution in [0.5, 0.6) is 0 Å². The fourth-order valence-corrected chi connectivity index (χ4v) is 14.3. The standard InChI is InChI=1S/C44H70O18/c1-18-7-10-44(56-16-18)19(2)30-27(62-44)12-23-21-6-5-20-11-26(24(47)13-43(20,4)22(21)8-9-42(23,30)3)57-41-38(61-40-36(54)34(52)32(50)28(14-45)58-40)37(33(51)29(15-46)59-41)60-39-35(53)31(49)25(48)17-55-39/h19-41,45-54H,1,5-17H2,2-4H3/t19-,20+,21+,22?,23?,24-,25+,26+,27-,28+,29+,30?,31-,32+,33+,34-,35+,36+,37-,38+,39-,40-,41+,42-,43-,44+/m0/s1.